The highest BCUT2D eigenvalue weighted by Gasteiger charge is 2.48. The number of benzene rings is 1. The fraction of sp³-hybridized carbons (Fsp3) is 0.150. The number of hydrogen-bond donors (Lipinski definition) is 1. The standard InChI is InChI=1S/C20H16N2O3S2/c1-11-12(2)27-20(21-11)22-16(14-9-6-10-26-14)15(18(24)19(22)25)17(23)13-7-4-3-5-8-13/h3-10,16,23H,1-2H3/t16-/m0/s1. The van der Waals surface area contributed by atoms with E-state index < -0.39 is 17.7 Å². The number of nitrogens with zero attached hydrogens (tertiary/aromatic N) is 2. The normalized spacial score (nSPS) is 19.0. The third kappa shape index (κ3) is 2.89. The zero-order valence-electron chi connectivity index (χ0n) is 14.7. The summed E-state index contributed by atoms with van der Waals surface area (Å²) in [5, 5.41) is 13.2. The lowest BCUT2D eigenvalue weighted by Gasteiger charge is -2.21. The molecule has 0 bridgehead atoms. The van der Waals surface area contributed by atoms with Crippen LogP contribution in [0, 0.1) is 13.8 Å². The van der Waals surface area contributed by atoms with E-state index in [0.717, 1.165) is 15.4 Å². The van der Waals surface area contributed by atoms with Gasteiger partial charge in [0, 0.05) is 15.3 Å². The zero-order chi connectivity index (χ0) is 19.1. The quantitative estimate of drug-likeness (QED) is 0.403. The number of aliphatic hydroxyl groups is 1. The van der Waals surface area contributed by atoms with Gasteiger partial charge in [0.25, 0.3) is 5.78 Å². The number of hydrogen-bond acceptors (Lipinski definition) is 6. The van der Waals surface area contributed by atoms with E-state index in [4.69, 9.17) is 0 Å². The first-order chi connectivity index (χ1) is 13.0. The first kappa shape index (κ1) is 17.6. The van der Waals surface area contributed by atoms with Gasteiger partial charge in [0.1, 0.15) is 11.8 Å². The smallest absolute Gasteiger partial charge is 0.301 e. The number of Topliss-reactive ketones (excluding diaryl/α,β-unsaturated/α-hetero) is 1. The molecule has 1 aromatic carbocycles. The molecule has 5 nitrogen and oxygen atoms in total. The maximum atomic E-state index is 12.9. The molecule has 1 N–H and O–H groups in total. The molecule has 1 aliphatic heterocycles. The molecule has 136 valence electrons. The minimum Gasteiger partial charge on any atom is -0.507 e. The number of anilines is 1. The number of aryl methyl sites for hydroxylation is 2. The van der Waals surface area contributed by atoms with Gasteiger partial charge in [-0.3, -0.25) is 14.5 Å². The van der Waals surface area contributed by atoms with Crippen molar-refractivity contribution in [2.24, 2.45) is 0 Å². The molecule has 0 radical (unpaired) electrons. The third-order valence-electron chi connectivity index (χ3n) is 4.53. The summed E-state index contributed by atoms with van der Waals surface area (Å²) in [6.45, 7) is 3.80. The lowest BCUT2D eigenvalue weighted by Crippen LogP contribution is -2.29. The van der Waals surface area contributed by atoms with Gasteiger partial charge in [-0.05, 0) is 25.3 Å². The predicted octanol–water partition coefficient (Wildman–Crippen LogP) is 4.45. The molecular formula is C20H16N2O3S2. The van der Waals surface area contributed by atoms with E-state index >= 15 is 0 Å². The van der Waals surface area contributed by atoms with Gasteiger partial charge in [-0.1, -0.05) is 36.4 Å². The molecule has 0 saturated carbocycles. The van der Waals surface area contributed by atoms with Gasteiger partial charge in [0.2, 0.25) is 0 Å². The monoisotopic (exact) mass is 396 g/mol. The molecule has 3 aromatic rings. The van der Waals surface area contributed by atoms with Crippen molar-refractivity contribution in [3.8, 4) is 0 Å². The molecule has 2 aromatic heterocycles. The summed E-state index contributed by atoms with van der Waals surface area (Å²) in [5.41, 5.74) is 1.42. The van der Waals surface area contributed by atoms with Crippen molar-refractivity contribution in [3.63, 3.8) is 0 Å². The van der Waals surface area contributed by atoms with Gasteiger partial charge in [0.15, 0.2) is 5.13 Å². The van der Waals surface area contributed by atoms with Crippen LogP contribution < -0.4 is 4.90 Å². The van der Waals surface area contributed by atoms with Crippen LogP contribution in [0.15, 0.2) is 53.4 Å². The molecule has 27 heavy (non-hydrogen) atoms. The molecular weight excluding hydrogens is 380 g/mol. The Hall–Kier alpha value is -2.77. The van der Waals surface area contributed by atoms with E-state index in [1.165, 1.54) is 27.6 Å². The van der Waals surface area contributed by atoms with Crippen LogP contribution in [0.2, 0.25) is 0 Å². The summed E-state index contributed by atoms with van der Waals surface area (Å²) in [6, 6.07) is 11.8. The van der Waals surface area contributed by atoms with Crippen molar-refractivity contribution in [3.05, 3.63) is 74.4 Å². The Balaban J connectivity index is 1.94. The highest BCUT2D eigenvalue weighted by Crippen LogP contribution is 2.44. The van der Waals surface area contributed by atoms with Crippen LogP contribution in [0.25, 0.3) is 5.76 Å². The van der Waals surface area contributed by atoms with Crippen LogP contribution in [0.5, 0.6) is 0 Å². The highest BCUT2D eigenvalue weighted by molar-refractivity contribution is 7.16. The number of aromatic nitrogens is 1. The Labute approximate surface area is 164 Å². The fourth-order valence-electron chi connectivity index (χ4n) is 3.06. The average Bonchev–Trinajstić information content (AvgIpc) is 3.36. The first-order valence-corrected chi connectivity index (χ1v) is 10.0. The number of carbonyl (C=O) groups excluding carboxylic acids is 2. The number of rotatable bonds is 3. The molecule has 1 saturated heterocycles. The van der Waals surface area contributed by atoms with Crippen molar-refractivity contribution in [2.75, 3.05) is 4.90 Å². The first-order valence-electron chi connectivity index (χ1n) is 8.33. The van der Waals surface area contributed by atoms with E-state index in [0.29, 0.717) is 10.7 Å². The summed E-state index contributed by atoms with van der Waals surface area (Å²) in [5.74, 6) is -1.53. The lowest BCUT2D eigenvalue weighted by molar-refractivity contribution is -0.132. The topological polar surface area (TPSA) is 70.5 Å². The van der Waals surface area contributed by atoms with Crippen molar-refractivity contribution >= 4 is 45.3 Å². The summed E-state index contributed by atoms with van der Waals surface area (Å²) >= 11 is 2.81. The number of thiazole rings is 1. The Morgan fingerprint density at radius 1 is 1.11 bits per heavy atom. The second-order valence-corrected chi connectivity index (χ2v) is 8.35. The molecule has 0 spiro atoms. The maximum absolute atomic E-state index is 12.9. The molecule has 3 heterocycles. The molecule has 1 amide bonds. The fourth-order valence-corrected chi connectivity index (χ4v) is 4.82. The highest BCUT2D eigenvalue weighted by atomic mass is 32.1. The largest absolute Gasteiger partial charge is 0.507 e. The van der Waals surface area contributed by atoms with Crippen LogP contribution >= 0.6 is 22.7 Å². The molecule has 1 fully saturated rings. The molecule has 0 unspecified atom stereocenters. The van der Waals surface area contributed by atoms with Crippen LogP contribution in [0.3, 0.4) is 0 Å². The Bertz CT molecular complexity index is 1030. The molecule has 4 rings (SSSR count). The minimum absolute atomic E-state index is 0.0964. The van der Waals surface area contributed by atoms with Crippen molar-refractivity contribution in [1.82, 2.24) is 4.98 Å². The van der Waals surface area contributed by atoms with Crippen molar-refractivity contribution < 1.29 is 14.7 Å². The minimum atomic E-state index is -0.694. The van der Waals surface area contributed by atoms with E-state index in [1.54, 1.807) is 24.3 Å². The van der Waals surface area contributed by atoms with Gasteiger partial charge in [-0.2, -0.15) is 0 Å². The molecule has 0 aliphatic carbocycles. The zero-order valence-corrected chi connectivity index (χ0v) is 16.3. The maximum Gasteiger partial charge on any atom is 0.301 e. The van der Waals surface area contributed by atoms with Crippen LogP contribution in [-0.2, 0) is 9.59 Å². The van der Waals surface area contributed by atoms with Crippen LogP contribution in [0.4, 0.5) is 5.13 Å². The number of amides is 1. The lowest BCUT2D eigenvalue weighted by atomic mass is 10.00. The summed E-state index contributed by atoms with van der Waals surface area (Å²) < 4.78 is 0. The van der Waals surface area contributed by atoms with Gasteiger partial charge < -0.3 is 5.11 Å². The van der Waals surface area contributed by atoms with Crippen LogP contribution in [0.1, 0.15) is 27.1 Å². The second kappa shape index (κ2) is 6.75. The Morgan fingerprint density at radius 3 is 2.44 bits per heavy atom. The van der Waals surface area contributed by atoms with Crippen molar-refractivity contribution in [2.45, 2.75) is 19.9 Å². The van der Waals surface area contributed by atoms with E-state index in [2.05, 4.69) is 4.98 Å². The summed E-state index contributed by atoms with van der Waals surface area (Å²) in [4.78, 5) is 33.4. The third-order valence-corrected chi connectivity index (χ3v) is 6.52. The van der Waals surface area contributed by atoms with Crippen molar-refractivity contribution in [1.29, 1.82) is 0 Å². The van der Waals surface area contributed by atoms with Gasteiger partial charge in [-0.25, -0.2) is 4.98 Å². The average molecular weight is 396 g/mol. The Morgan fingerprint density at radius 2 is 1.85 bits per heavy atom. The number of carbonyl (C=O) groups is 2. The molecule has 1 aliphatic rings. The summed E-state index contributed by atoms with van der Waals surface area (Å²) in [7, 11) is 0. The second-order valence-electron chi connectivity index (χ2n) is 6.19. The summed E-state index contributed by atoms with van der Waals surface area (Å²) in [6.07, 6.45) is 0. The predicted molar refractivity (Wildman–Crippen MR) is 107 cm³/mol. The SMILES string of the molecule is Cc1nc(N2C(=O)C(=O)C(=C(O)c3ccccc3)[C@@H]2c2cccs2)sc1C. The van der Waals surface area contributed by atoms with Gasteiger partial charge in [0.05, 0.1) is 11.3 Å². The molecule has 1 atom stereocenters. The van der Waals surface area contributed by atoms with Crippen LogP contribution in [-0.4, -0.2) is 21.8 Å². The number of ketones is 1. The number of thiophene rings is 1. The van der Waals surface area contributed by atoms with E-state index in [1.807, 2.05) is 37.4 Å². The van der Waals surface area contributed by atoms with Gasteiger partial charge >= 0.3 is 5.91 Å². The Kier molecular flexibility index (Phi) is 4.41. The van der Waals surface area contributed by atoms with E-state index in [9.17, 15) is 14.7 Å². The van der Waals surface area contributed by atoms with Gasteiger partial charge in [-0.15, -0.1) is 22.7 Å². The molecule has 7 heteroatoms. The van der Waals surface area contributed by atoms with E-state index in [-0.39, 0.29) is 11.3 Å². The number of aliphatic hydroxyl groups excluding tert-OH is 1.